The van der Waals surface area contributed by atoms with Gasteiger partial charge in [-0.25, -0.2) is 12.8 Å². The SMILES string of the molecule is CCS(=O)(=O)N(C)CC(=O)Nc1ccc(F)cc1-n1cccc1. The molecule has 0 saturated carbocycles. The fourth-order valence-electron chi connectivity index (χ4n) is 2.03. The Bertz CT molecular complexity index is 788. The van der Waals surface area contributed by atoms with Gasteiger partial charge in [-0.05, 0) is 37.3 Å². The summed E-state index contributed by atoms with van der Waals surface area (Å²) < 4.78 is 39.5. The quantitative estimate of drug-likeness (QED) is 0.873. The van der Waals surface area contributed by atoms with E-state index in [0.29, 0.717) is 11.4 Å². The van der Waals surface area contributed by atoms with Crippen molar-refractivity contribution in [1.29, 1.82) is 0 Å². The second-order valence-corrected chi connectivity index (χ2v) is 7.32. The predicted octanol–water partition coefficient (Wildman–Crippen LogP) is 1.84. The summed E-state index contributed by atoms with van der Waals surface area (Å²) in [5.74, 6) is -1.01. The summed E-state index contributed by atoms with van der Waals surface area (Å²) in [6.45, 7) is 1.20. The number of aromatic nitrogens is 1. The van der Waals surface area contributed by atoms with Crippen LogP contribution in [-0.4, -0.2) is 42.5 Å². The molecule has 124 valence electrons. The predicted molar refractivity (Wildman–Crippen MR) is 86.4 cm³/mol. The molecule has 2 rings (SSSR count). The zero-order valence-electron chi connectivity index (χ0n) is 12.9. The van der Waals surface area contributed by atoms with Crippen molar-refractivity contribution in [3.05, 3.63) is 48.5 Å². The largest absolute Gasteiger partial charge is 0.323 e. The minimum atomic E-state index is -3.44. The van der Waals surface area contributed by atoms with Gasteiger partial charge in [-0.3, -0.25) is 4.79 Å². The summed E-state index contributed by atoms with van der Waals surface area (Å²) in [6.07, 6.45) is 3.44. The molecule has 0 unspecified atom stereocenters. The second kappa shape index (κ2) is 6.93. The first-order chi connectivity index (χ1) is 10.8. The normalized spacial score (nSPS) is 11.7. The van der Waals surface area contributed by atoms with Gasteiger partial charge in [-0.1, -0.05) is 0 Å². The molecular formula is C15H18FN3O3S. The van der Waals surface area contributed by atoms with Gasteiger partial charge in [0.15, 0.2) is 0 Å². The first-order valence-corrected chi connectivity index (χ1v) is 8.61. The van der Waals surface area contributed by atoms with Crippen molar-refractivity contribution < 1.29 is 17.6 Å². The van der Waals surface area contributed by atoms with E-state index in [1.165, 1.54) is 32.2 Å². The molecule has 1 aromatic heterocycles. The van der Waals surface area contributed by atoms with Crippen LogP contribution in [0, 0.1) is 5.82 Å². The van der Waals surface area contributed by atoms with Crippen LogP contribution in [0.3, 0.4) is 0 Å². The second-order valence-electron chi connectivity index (χ2n) is 4.96. The van der Waals surface area contributed by atoms with Crippen molar-refractivity contribution in [2.24, 2.45) is 0 Å². The Kier molecular flexibility index (Phi) is 5.17. The highest BCUT2D eigenvalue weighted by Gasteiger charge is 2.19. The fourth-order valence-corrected chi connectivity index (χ4v) is 2.78. The summed E-state index contributed by atoms with van der Waals surface area (Å²) in [7, 11) is -2.10. The third kappa shape index (κ3) is 4.17. The number of carbonyl (C=O) groups is 1. The smallest absolute Gasteiger partial charge is 0.239 e. The number of carbonyl (C=O) groups excluding carboxylic acids is 1. The van der Waals surface area contributed by atoms with Gasteiger partial charge in [-0.15, -0.1) is 0 Å². The van der Waals surface area contributed by atoms with Gasteiger partial charge in [0.05, 0.1) is 23.7 Å². The number of sulfonamides is 1. The number of hydrogen-bond donors (Lipinski definition) is 1. The zero-order valence-corrected chi connectivity index (χ0v) is 13.7. The summed E-state index contributed by atoms with van der Waals surface area (Å²) in [5, 5.41) is 2.62. The number of likely N-dealkylation sites (N-methyl/N-ethyl adjacent to an activating group) is 1. The van der Waals surface area contributed by atoms with Crippen LogP contribution in [0.25, 0.3) is 5.69 Å². The maximum Gasteiger partial charge on any atom is 0.239 e. The number of hydrogen-bond acceptors (Lipinski definition) is 3. The van der Waals surface area contributed by atoms with Gasteiger partial charge < -0.3 is 9.88 Å². The first-order valence-electron chi connectivity index (χ1n) is 7.00. The maximum absolute atomic E-state index is 13.5. The van der Waals surface area contributed by atoms with Gasteiger partial charge >= 0.3 is 0 Å². The van der Waals surface area contributed by atoms with Crippen molar-refractivity contribution in [3.8, 4) is 5.69 Å². The van der Waals surface area contributed by atoms with E-state index in [-0.39, 0.29) is 12.3 Å². The number of rotatable bonds is 6. The molecule has 0 saturated heterocycles. The van der Waals surface area contributed by atoms with E-state index in [1.54, 1.807) is 29.1 Å². The van der Waals surface area contributed by atoms with Crippen LogP contribution < -0.4 is 5.32 Å². The van der Waals surface area contributed by atoms with E-state index in [9.17, 15) is 17.6 Å². The summed E-state index contributed by atoms with van der Waals surface area (Å²) >= 11 is 0. The van der Waals surface area contributed by atoms with E-state index in [4.69, 9.17) is 0 Å². The summed E-state index contributed by atoms with van der Waals surface area (Å²) in [6, 6.07) is 7.52. The van der Waals surface area contributed by atoms with Crippen LogP contribution in [0.5, 0.6) is 0 Å². The minimum Gasteiger partial charge on any atom is -0.323 e. The number of anilines is 1. The van der Waals surface area contributed by atoms with Crippen LogP contribution >= 0.6 is 0 Å². The summed E-state index contributed by atoms with van der Waals surface area (Å²) in [4.78, 5) is 12.1. The molecule has 1 heterocycles. The Hall–Kier alpha value is -2.19. The zero-order chi connectivity index (χ0) is 17.0. The van der Waals surface area contributed by atoms with Crippen LogP contribution in [0.15, 0.2) is 42.7 Å². The lowest BCUT2D eigenvalue weighted by molar-refractivity contribution is -0.116. The lowest BCUT2D eigenvalue weighted by Gasteiger charge is -2.17. The first kappa shape index (κ1) is 17.2. The van der Waals surface area contributed by atoms with E-state index in [2.05, 4.69) is 5.32 Å². The average molecular weight is 339 g/mol. The van der Waals surface area contributed by atoms with Crippen molar-refractivity contribution >= 4 is 21.6 Å². The Morgan fingerprint density at radius 2 is 1.96 bits per heavy atom. The molecule has 1 aromatic carbocycles. The van der Waals surface area contributed by atoms with E-state index in [0.717, 1.165) is 4.31 Å². The molecule has 0 atom stereocenters. The van der Waals surface area contributed by atoms with Gasteiger partial charge in [0.1, 0.15) is 5.82 Å². The van der Waals surface area contributed by atoms with Crippen molar-refractivity contribution in [3.63, 3.8) is 0 Å². The van der Waals surface area contributed by atoms with Gasteiger partial charge in [0.25, 0.3) is 0 Å². The Labute approximate surface area is 134 Å². The highest BCUT2D eigenvalue weighted by Crippen LogP contribution is 2.21. The highest BCUT2D eigenvalue weighted by atomic mass is 32.2. The molecule has 0 fully saturated rings. The molecular weight excluding hydrogens is 321 g/mol. The van der Waals surface area contributed by atoms with Crippen LogP contribution in [-0.2, 0) is 14.8 Å². The van der Waals surface area contributed by atoms with Crippen LogP contribution in [0.4, 0.5) is 10.1 Å². The highest BCUT2D eigenvalue weighted by molar-refractivity contribution is 7.89. The molecule has 1 N–H and O–H groups in total. The molecule has 0 bridgehead atoms. The number of amides is 1. The molecule has 2 aromatic rings. The standard InChI is InChI=1S/C15H18FN3O3S/c1-3-23(21,22)18(2)11-15(20)17-13-7-6-12(16)10-14(13)19-8-4-5-9-19/h4-10H,3,11H2,1-2H3,(H,17,20). The molecule has 23 heavy (non-hydrogen) atoms. The van der Waals surface area contributed by atoms with Gasteiger partial charge in [0.2, 0.25) is 15.9 Å². The topological polar surface area (TPSA) is 71.4 Å². The molecule has 0 aliphatic rings. The molecule has 8 heteroatoms. The van der Waals surface area contributed by atoms with Crippen molar-refractivity contribution in [1.82, 2.24) is 8.87 Å². The third-order valence-electron chi connectivity index (χ3n) is 3.32. The maximum atomic E-state index is 13.5. The van der Waals surface area contributed by atoms with E-state index >= 15 is 0 Å². The minimum absolute atomic E-state index is 0.0814. The molecule has 1 amide bonds. The number of halogens is 1. The Morgan fingerprint density at radius 1 is 1.30 bits per heavy atom. The summed E-state index contributed by atoms with van der Waals surface area (Å²) in [5.41, 5.74) is 0.860. The van der Waals surface area contributed by atoms with Crippen LogP contribution in [0.1, 0.15) is 6.92 Å². The van der Waals surface area contributed by atoms with Gasteiger partial charge in [0, 0.05) is 19.4 Å². The average Bonchev–Trinajstić information content (AvgIpc) is 3.03. The van der Waals surface area contributed by atoms with E-state index in [1.807, 2.05) is 0 Å². The third-order valence-corrected chi connectivity index (χ3v) is 5.13. The number of benzene rings is 1. The van der Waals surface area contributed by atoms with Crippen molar-refractivity contribution in [2.45, 2.75) is 6.92 Å². The lowest BCUT2D eigenvalue weighted by Crippen LogP contribution is -2.35. The molecule has 0 radical (unpaired) electrons. The molecule has 0 aliphatic carbocycles. The molecule has 0 spiro atoms. The lowest BCUT2D eigenvalue weighted by atomic mass is 10.2. The monoisotopic (exact) mass is 339 g/mol. The molecule has 0 aliphatic heterocycles. The van der Waals surface area contributed by atoms with Crippen LogP contribution in [0.2, 0.25) is 0 Å². The van der Waals surface area contributed by atoms with Gasteiger partial charge in [-0.2, -0.15) is 4.31 Å². The number of nitrogens with zero attached hydrogens (tertiary/aromatic N) is 2. The molecule has 6 nitrogen and oxygen atoms in total. The van der Waals surface area contributed by atoms with E-state index < -0.39 is 21.7 Å². The Balaban J connectivity index is 2.19. The number of nitrogens with one attached hydrogen (secondary N) is 1. The van der Waals surface area contributed by atoms with Crippen molar-refractivity contribution in [2.75, 3.05) is 24.7 Å². The Morgan fingerprint density at radius 3 is 2.57 bits per heavy atom. The fraction of sp³-hybridized carbons (Fsp3) is 0.267.